The number of aromatic nitrogens is 2. The molecule has 25 heavy (non-hydrogen) atoms. The van der Waals surface area contributed by atoms with Crippen molar-refractivity contribution in [2.24, 2.45) is 0 Å². The van der Waals surface area contributed by atoms with Crippen LogP contribution in [0.4, 0.5) is 5.82 Å². The van der Waals surface area contributed by atoms with Gasteiger partial charge in [0.25, 0.3) is 0 Å². The minimum Gasteiger partial charge on any atom is -0.497 e. The number of hydrogen-bond acceptors (Lipinski definition) is 6. The van der Waals surface area contributed by atoms with Crippen molar-refractivity contribution in [1.29, 1.82) is 5.26 Å². The molecule has 0 fully saturated rings. The van der Waals surface area contributed by atoms with Gasteiger partial charge >= 0.3 is 0 Å². The Morgan fingerprint density at radius 2 is 2.00 bits per heavy atom. The van der Waals surface area contributed by atoms with Crippen LogP contribution in [0.1, 0.15) is 10.4 Å². The highest BCUT2D eigenvalue weighted by Crippen LogP contribution is 2.36. The second-order valence-electron chi connectivity index (χ2n) is 5.51. The number of nitriles is 1. The fourth-order valence-corrected chi connectivity index (χ4v) is 3.55. The molecule has 2 heterocycles. The molecule has 0 aliphatic carbocycles. The van der Waals surface area contributed by atoms with Gasteiger partial charge in [0, 0.05) is 12.6 Å². The predicted molar refractivity (Wildman–Crippen MR) is 101 cm³/mol. The topological polar surface area (TPSA) is 62.0 Å². The van der Waals surface area contributed by atoms with Gasteiger partial charge in [0.15, 0.2) is 5.82 Å². The first-order valence-electron chi connectivity index (χ1n) is 7.59. The molecule has 0 unspecified atom stereocenters. The van der Waals surface area contributed by atoms with Crippen LogP contribution in [0.5, 0.6) is 5.75 Å². The van der Waals surface area contributed by atoms with Gasteiger partial charge in [-0.3, -0.25) is 0 Å². The largest absolute Gasteiger partial charge is 0.497 e. The molecule has 2 aromatic heterocycles. The maximum atomic E-state index is 9.35. The van der Waals surface area contributed by atoms with Gasteiger partial charge < -0.3 is 9.64 Å². The zero-order chi connectivity index (χ0) is 18.0. The Kier molecular flexibility index (Phi) is 4.56. The van der Waals surface area contributed by atoms with Crippen molar-refractivity contribution < 1.29 is 4.74 Å². The maximum Gasteiger partial charge on any atom is 0.163 e. The van der Waals surface area contributed by atoms with Crippen LogP contribution >= 0.6 is 11.3 Å². The average molecular weight is 348 g/mol. The molecule has 0 aliphatic heterocycles. The van der Waals surface area contributed by atoms with Crippen molar-refractivity contribution in [3.8, 4) is 35.6 Å². The lowest BCUT2D eigenvalue weighted by Crippen LogP contribution is -2.19. The molecule has 0 atom stereocenters. The third kappa shape index (κ3) is 3.00. The number of hydrogen-bond donors (Lipinski definition) is 0. The van der Waals surface area contributed by atoms with E-state index < -0.39 is 0 Å². The minimum atomic E-state index is 0.422. The van der Waals surface area contributed by atoms with Crippen molar-refractivity contribution in [1.82, 2.24) is 9.97 Å². The average Bonchev–Trinajstić information content (AvgIpc) is 2.97. The van der Waals surface area contributed by atoms with E-state index in [-0.39, 0.29) is 0 Å². The summed E-state index contributed by atoms with van der Waals surface area (Å²) in [7, 11) is 3.52. The van der Waals surface area contributed by atoms with Crippen LogP contribution in [0, 0.1) is 30.6 Å². The smallest absolute Gasteiger partial charge is 0.163 e. The molecule has 6 heteroatoms. The Balaban J connectivity index is 2.24. The van der Waals surface area contributed by atoms with Crippen LogP contribution in [-0.4, -0.2) is 30.7 Å². The van der Waals surface area contributed by atoms with Crippen molar-refractivity contribution in [2.75, 3.05) is 25.6 Å². The molecule has 3 aromatic rings. The molecular weight excluding hydrogens is 332 g/mol. The van der Waals surface area contributed by atoms with Crippen LogP contribution < -0.4 is 9.64 Å². The fraction of sp³-hybridized carbons (Fsp3) is 0.211. The number of terminal acetylenes is 1. The Bertz CT molecular complexity index is 1010. The van der Waals surface area contributed by atoms with Crippen LogP contribution in [0.25, 0.3) is 21.6 Å². The Hall–Kier alpha value is -3.09. The van der Waals surface area contributed by atoms with E-state index in [9.17, 15) is 5.26 Å². The maximum absolute atomic E-state index is 9.35. The van der Waals surface area contributed by atoms with Gasteiger partial charge in [0.1, 0.15) is 27.3 Å². The van der Waals surface area contributed by atoms with Crippen molar-refractivity contribution in [3.63, 3.8) is 0 Å². The quantitative estimate of drug-likeness (QED) is 0.674. The number of benzene rings is 1. The molecule has 0 aliphatic rings. The number of ether oxygens (including phenoxy) is 1. The van der Waals surface area contributed by atoms with E-state index in [2.05, 4.69) is 17.0 Å². The summed E-state index contributed by atoms with van der Waals surface area (Å²) in [5, 5.41) is 10.2. The number of methoxy groups -OCH3 is 1. The van der Waals surface area contributed by atoms with E-state index in [0.29, 0.717) is 17.2 Å². The summed E-state index contributed by atoms with van der Waals surface area (Å²) in [4.78, 5) is 12.7. The fourth-order valence-electron chi connectivity index (χ4n) is 2.58. The first-order valence-corrected chi connectivity index (χ1v) is 8.41. The summed E-state index contributed by atoms with van der Waals surface area (Å²) in [6.07, 6.45) is 5.46. The van der Waals surface area contributed by atoms with Gasteiger partial charge in [-0.2, -0.15) is 5.26 Å². The second-order valence-corrected chi connectivity index (χ2v) is 6.51. The second kappa shape index (κ2) is 6.80. The molecule has 0 amide bonds. The van der Waals surface area contributed by atoms with E-state index in [1.54, 1.807) is 7.11 Å². The molecule has 0 spiro atoms. The summed E-state index contributed by atoms with van der Waals surface area (Å²) in [5.41, 5.74) is 1.77. The van der Waals surface area contributed by atoms with Crippen LogP contribution in [0.3, 0.4) is 0 Å². The van der Waals surface area contributed by atoms with E-state index in [0.717, 1.165) is 32.9 Å². The van der Waals surface area contributed by atoms with Gasteiger partial charge in [0.05, 0.1) is 19.0 Å². The standard InChI is InChI=1S/C19H16N4OS/c1-5-10-23(3)18-16-12(2)15(11-20)25-19(16)22-17(21-18)13-6-8-14(24-4)9-7-13/h1,6-9H,10H2,2-4H3. The molecule has 1 aromatic carbocycles. The molecule has 0 bridgehead atoms. The third-order valence-corrected chi connectivity index (χ3v) is 5.00. The number of nitrogens with zero attached hydrogens (tertiary/aromatic N) is 4. The molecule has 0 N–H and O–H groups in total. The van der Waals surface area contributed by atoms with Gasteiger partial charge in [0.2, 0.25) is 0 Å². The van der Waals surface area contributed by atoms with E-state index in [1.807, 2.05) is 43.1 Å². The number of fused-ring (bicyclic) bond motifs is 1. The Morgan fingerprint density at radius 1 is 1.28 bits per heavy atom. The highest BCUT2D eigenvalue weighted by Gasteiger charge is 2.19. The molecule has 3 rings (SSSR count). The predicted octanol–water partition coefficient (Wildman–Crippen LogP) is 3.62. The van der Waals surface area contributed by atoms with Crippen LogP contribution in [-0.2, 0) is 0 Å². The Labute approximate surface area is 150 Å². The van der Waals surface area contributed by atoms with Crippen molar-refractivity contribution in [2.45, 2.75) is 6.92 Å². The molecular formula is C19H16N4OS. The summed E-state index contributed by atoms with van der Waals surface area (Å²) >= 11 is 1.37. The normalized spacial score (nSPS) is 10.3. The first-order chi connectivity index (χ1) is 12.1. The van der Waals surface area contributed by atoms with Gasteiger partial charge in [-0.1, -0.05) is 5.92 Å². The molecule has 0 radical (unpaired) electrons. The Morgan fingerprint density at radius 3 is 2.60 bits per heavy atom. The zero-order valence-electron chi connectivity index (χ0n) is 14.2. The van der Waals surface area contributed by atoms with Gasteiger partial charge in [-0.25, -0.2) is 9.97 Å². The SMILES string of the molecule is C#CCN(C)c1nc(-c2ccc(OC)cc2)nc2sc(C#N)c(C)c12. The number of thiophene rings is 1. The van der Waals surface area contributed by atoms with Crippen molar-refractivity contribution >= 4 is 27.4 Å². The zero-order valence-corrected chi connectivity index (χ0v) is 15.0. The molecule has 0 saturated carbocycles. The van der Waals surface area contributed by atoms with E-state index in [4.69, 9.17) is 16.1 Å². The molecule has 0 saturated heterocycles. The van der Waals surface area contributed by atoms with Crippen LogP contribution in [0.15, 0.2) is 24.3 Å². The number of anilines is 1. The molecule has 5 nitrogen and oxygen atoms in total. The summed E-state index contributed by atoms with van der Waals surface area (Å²) in [6.45, 7) is 2.34. The lowest BCUT2D eigenvalue weighted by Gasteiger charge is -2.17. The van der Waals surface area contributed by atoms with Crippen molar-refractivity contribution in [3.05, 3.63) is 34.7 Å². The van der Waals surface area contributed by atoms with Gasteiger partial charge in [-0.05, 0) is 36.8 Å². The van der Waals surface area contributed by atoms with E-state index in [1.165, 1.54) is 11.3 Å². The third-order valence-electron chi connectivity index (χ3n) is 3.91. The number of rotatable bonds is 4. The first kappa shape index (κ1) is 16.8. The number of aryl methyl sites for hydroxylation is 1. The lowest BCUT2D eigenvalue weighted by molar-refractivity contribution is 0.415. The molecule has 124 valence electrons. The summed E-state index contributed by atoms with van der Waals surface area (Å²) < 4.78 is 5.20. The minimum absolute atomic E-state index is 0.422. The monoisotopic (exact) mass is 348 g/mol. The lowest BCUT2D eigenvalue weighted by atomic mass is 10.1. The summed E-state index contributed by atoms with van der Waals surface area (Å²) in [6, 6.07) is 9.80. The highest BCUT2D eigenvalue weighted by atomic mass is 32.1. The van der Waals surface area contributed by atoms with Crippen LogP contribution in [0.2, 0.25) is 0 Å². The van der Waals surface area contributed by atoms with Gasteiger partial charge in [-0.15, -0.1) is 17.8 Å². The summed E-state index contributed by atoms with van der Waals surface area (Å²) in [5.74, 6) is 4.74. The highest BCUT2D eigenvalue weighted by molar-refractivity contribution is 7.19. The van der Waals surface area contributed by atoms with E-state index >= 15 is 0 Å².